The van der Waals surface area contributed by atoms with E-state index in [0.717, 1.165) is 5.56 Å². The molecule has 0 heterocycles. The largest absolute Gasteiger partial charge is 0.493 e. The summed E-state index contributed by atoms with van der Waals surface area (Å²) >= 11 is 0. The monoisotopic (exact) mass is 236 g/mol. The quantitative estimate of drug-likeness (QED) is 0.706. The van der Waals surface area contributed by atoms with Crippen LogP contribution in [0.15, 0.2) is 24.3 Å². The highest BCUT2D eigenvalue weighted by Gasteiger charge is 2.01. The Bertz CT molecular complexity index is 381. The lowest BCUT2D eigenvalue weighted by molar-refractivity contribution is -0.141. The maximum atomic E-state index is 10.9. The van der Waals surface area contributed by atoms with Crippen LogP contribution in [0.4, 0.5) is 0 Å². The number of ether oxygens (including phenoxy) is 2. The fraction of sp³-hybridized carbons (Fsp3) is 0.385. The van der Waals surface area contributed by atoms with Gasteiger partial charge in [0.25, 0.3) is 0 Å². The molecule has 1 aromatic carbocycles. The molecule has 0 bridgehead atoms. The molecule has 0 saturated heterocycles. The molecule has 0 unspecified atom stereocenters. The van der Waals surface area contributed by atoms with Crippen molar-refractivity contribution in [3.8, 4) is 5.75 Å². The summed E-state index contributed by atoms with van der Waals surface area (Å²) in [7, 11) is 1.35. The average molecular weight is 236 g/mol. The normalized spacial score (nSPS) is 9.76. The van der Waals surface area contributed by atoms with E-state index in [2.05, 4.69) is 4.74 Å². The summed E-state index contributed by atoms with van der Waals surface area (Å²) in [5, 5.41) is 0. The van der Waals surface area contributed by atoms with E-state index >= 15 is 0 Å². The average Bonchev–Trinajstić information content (AvgIpc) is 2.30. The van der Waals surface area contributed by atoms with Gasteiger partial charge in [-0.15, -0.1) is 0 Å². The van der Waals surface area contributed by atoms with E-state index in [1.54, 1.807) is 19.1 Å². The predicted octanol–water partition coefficient (Wildman–Crippen LogP) is 1.76. The first kappa shape index (κ1) is 13.2. The van der Waals surface area contributed by atoms with Gasteiger partial charge in [-0.3, -0.25) is 9.59 Å². The summed E-state index contributed by atoms with van der Waals surface area (Å²) in [5.41, 5.74) is 0.956. The lowest BCUT2D eigenvalue weighted by Gasteiger charge is -2.06. The molecule has 0 spiro atoms. The Labute approximate surface area is 101 Å². The highest BCUT2D eigenvalue weighted by atomic mass is 16.5. The van der Waals surface area contributed by atoms with Gasteiger partial charge < -0.3 is 9.47 Å². The van der Waals surface area contributed by atoms with Crippen molar-refractivity contribution in [1.29, 1.82) is 0 Å². The van der Waals surface area contributed by atoms with Crippen LogP contribution in [0.1, 0.15) is 18.9 Å². The maximum Gasteiger partial charge on any atom is 0.308 e. The maximum absolute atomic E-state index is 10.9. The molecule has 17 heavy (non-hydrogen) atoms. The number of hydrogen-bond donors (Lipinski definition) is 0. The highest BCUT2D eigenvalue weighted by molar-refractivity contribution is 5.78. The molecular weight excluding hydrogens is 220 g/mol. The number of hydrogen-bond acceptors (Lipinski definition) is 4. The minimum Gasteiger partial charge on any atom is -0.493 e. The first-order valence-electron chi connectivity index (χ1n) is 5.40. The zero-order valence-electron chi connectivity index (χ0n) is 10.1. The summed E-state index contributed by atoms with van der Waals surface area (Å²) in [6, 6.07) is 7.26. The molecule has 0 amide bonds. The number of esters is 1. The second-order valence-electron chi connectivity index (χ2n) is 3.70. The van der Waals surface area contributed by atoms with E-state index in [0.29, 0.717) is 18.8 Å². The predicted molar refractivity (Wildman–Crippen MR) is 63.0 cm³/mol. The Morgan fingerprint density at radius 1 is 1.18 bits per heavy atom. The minimum absolute atomic E-state index is 0.129. The third kappa shape index (κ3) is 5.15. The van der Waals surface area contributed by atoms with Crippen molar-refractivity contribution in [2.75, 3.05) is 13.7 Å². The van der Waals surface area contributed by atoms with Crippen LogP contribution in [0.2, 0.25) is 0 Å². The van der Waals surface area contributed by atoms with Crippen LogP contribution >= 0.6 is 0 Å². The van der Waals surface area contributed by atoms with Gasteiger partial charge in [0.1, 0.15) is 11.5 Å². The van der Waals surface area contributed by atoms with E-state index in [-0.39, 0.29) is 18.2 Å². The topological polar surface area (TPSA) is 52.6 Å². The van der Waals surface area contributed by atoms with Gasteiger partial charge in [0.15, 0.2) is 0 Å². The number of carbonyl (C=O) groups excluding carboxylic acids is 2. The molecule has 0 aliphatic carbocycles. The number of rotatable bonds is 6. The first-order chi connectivity index (χ1) is 8.11. The Morgan fingerprint density at radius 2 is 1.82 bits per heavy atom. The van der Waals surface area contributed by atoms with Crippen LogP contribution in [0, 0.1) is 0 Å². The summed E-state index contributed by atoms with van der Waals surface area (Å²) in [4.78, 5) is 21.7. The summed E-state index contributed by atoms with van der Waals surface area (Å²) < 4.78 is 9.85. The molecule has 0 N–H and O–H groups in total. The van der Waals surface area contributed by atoms with Gasteiger partial charge in [0.2, 0.25) is 0 Å². The third-order valence-corrected chi connectivity index (χ3v) is 2.18. The molecule has 0 atom stereocenters. The van der Waals surface area contributed by atoms with E-state index < -0.39 is 0 Å². The van der Waals surface area contributed by atoms with Gasteiger partial charge >= 0.3 is 5.97 Å². The van der Waals surface area contributed by atoms with Crippen molar-refractivity contribution >= 4 is 11.8 Å². The number of methoxy groups -OCH3 is 1. The van der Waals surface area contributed by atoms with Crippen molar-refractivity contribution in [1.82, 2.24) is 0 Å². The molecule has 1 rings (SSSR count). The molecule has 0 saturated carbocycles. The Balaban J connectivity index is 2.40. The molecule has 1 aromatic rings. The van der Waals surface area contributed by atoms with Crippen LogP contribution < -0.4 is 4.74 Å². The van der Waals surface area contributed by atoms with Crippen molar-refractivity contribution in [2.24, 2.45) is 0 Å². The molecule has 92 valence electrons. The molecule has 0 aromatic heterocycles. The molecule has 4 heteroatoms. The zero-order chi connectivity index (χ0) is 12.7. The van der Waals surface area contributed by atoms with Crippen molar-refractivity contribution in [2.45, 2.75) is 19.8 Å². The smallest absolute Gasteiger partial charge is 0.308 e. The second kappa shape index (κ2) is 6.68. The number of benzene rings is 1. The standard InChI is InChI=1S/C13H16O4/c1-10(14)9-11-3-5-12(6-4-11)17-8-7-13(15)16-2/h3-6H,7-9H2,1-2H3. The SMILES string of the molecule is COC(=O)CCOc1ccc(CC(C)=O)cc1. The lowest BCUT2D eigenvalue weighted by Crippen LogP contribution is -2.07. The molecule has 0 aliphatic rings. The number of carbonyl (C=O) groups is 2. The highest BCUT2D eigenvalue weighted by Crippen LogP contribution is 2.13. The van der Waals surface area contributed by atoms with E-state index in [1.165, 1.54) is 7.11 Å². The van der Waals surface area contributed by atoms with Crippen LogP contribution in [0.25, 0.3) is 0 Å². The summed E-state index contributed by atoms with van der Waals surface area (Å²) in [6.07, 6.45) is 0.661. The van der Waals surface area contributed by atoms with Crippen LogP contribution in [0.5, 0.6) is 5.75 Å². The number of Topliss-reactive ketones (excluding diaryl/α,β-unsaturated/α-hetero) is 1. The van der Waals surface area contributed by atoms with Crippen LogP contribution in [-0.2, 0) is 20.7 Å². The molecular formula is C13H16O4. The van der Waals surface area contributed by atoms with Gasteiger partial charge in [-0.25, -0.2) is 0 Å². The molecule has 0 aliphatic heterocycles. The van der Waals surface area contributed by atoms with E-state index in [9.17, 15) is 9.59 Å². The van der Waals surface area contributed by atoms with E-state index in [1.807, 2.05) is 12.1 Å². The second-order valence-corrected chi connectivity index (χ2v) is 3.70. The van der Waals surface area contributed by atoms with Gasteiger partial charge in [0, 0.05) is 6.42 Å². The van der Waals surface area contributed by atoms with Gasteiger partial charge in [-0.2, -0.15) is 0 Å². The summed E-state index contributed by atoms with van der Waals surface area (Å²) in [5.74, 6) is 0.517. The Hall–Kier alpha value is -1.84. The fourth-order valence-corrected chi connectivity index (χ4v) is 1.35. The van der Waals surface area contributed by atoms with E-state index in [4.69, 9.17) is 4.74 Å². The van der Waals surface area contributed by atoms with Crippen LogP contribution in [-0.4, -0.2) is 25.5 Å². The molecule has 4 nitrogen and oxygen atoms in total. The van der Waals surface area contributed by atoms with Crippen molar-refractivity contribution in [3.05, 3.63) is 29.8 Å². The lowest BCUT2D eigenvalue weighted by atomic mass is 10.1. The first-order valence-corrected chi connectivity index (χ1v) is 5.40. The van der Waals surface area contributed by atoms with Gasteiger partial charge in [-0.1, -0.05) is 12.1 Å². The minimum atomic E-state index is -0.293. The van der Waals surface area contributed by atoms with Crippen LogP contribution in [0.3, 0.4) is 0 Å². The Kier molecular flexibility index (Phi) is 5.20. The number of ketones is 1. The van der Waals surface area contributed by atoms with Gasteiger partial charge in [0.05, 0.1) is 20.1 Å². The third-order valence-electron chi connectivity index (χ3n) is 2.18. The zero-order valence-corrected chi connectivity index (χ0v) is 10.1. The molecule has 0 fully saturated rings. The summed E-state index contributed by atoms with van der Waals surface area (Å²) in [6.45, 7) is 1.85. The Morgan fingerprint density at radius 3 is 2.35 bits per heavy atom. The van der Waals surface area contributed by atoms with Gasteiger partial charge in [-0.05, 0) is 24.6 Å². The fourth-order valence-electron chi connectivity index (χ4n) is 1.35. The van der Waals surface area contributed by atoms with Crippen molar-refractivity contribution in [3.63, 3.8) is 0 Å². The van der Waals surface area contributed by atoms with Crippen molar-refractivity contribution < 1.29 is 19.1 Å². The molecule has 0 radical (unpaired) electrons.